The molecule has 0 radical (unpaired) electrons. The molecule has 1 aliphatic rings. The Morgan fingerprint density at radius 3 is 2.61 bits per heavy atom. The lowest BCUT2D eigenvalue weighted by atomic mass is 10.1. The van der Waals surface area contributed by atoms with Gasteiger partial charge in [-0.2, -0.15) is 18.3 Å². The first-order valence-electron chi connectivity index (χ1n) is 8.08. The van der Waals surface area contributed by atoms with E-state index in [-0.39, 0.29) is 5.91 Å². The molecule has 0 aliphatic carbocycles. The van der Waals surface area contributed by atoms with Crippen LogP contribution in [0.3, 0.4) is 0 Å². The summed E-state index contributed by atoms with van der Waals surface area (Å²) in [5.74, 6) is -2.95. The van der Waals surface area contributed by atoms with Crippen molar-refractivity contribution in [3.05, 3.63) is 48.5 Å². The fraction of sp³-hybridized carbons (Fsp3) is 0.235. The topological polar surface area (TPSA) is 109 Å². The largest absolute Gasteiger partial charge is 0.490 e. The van der Waals surface area contributed by atoms with Crippen LogP contribution >= 0.6 is 0 Å². The molecule has 11 heteroatoms. The standard InChI is InChI=1S/C15H14N4O2.C2HF3O2/c20-15(13-3-1-2-10-4-5-21-14(10)13)18-11-6-17-19(9-11)12-7-16-8-12;3-2(4,5)1(6)7/h1-6,9,12,16H,7-8H2,(H,18,20);(H,6,7). The van der Waals surface area contributed by atoms with Gasteiger partial charge >= 0.3 is 12.1 Å². The minimum atomic E-state index is -5.08. The highest BCUT2D eigenvalue weighted by atomic mass is 19.4. The second-order valence-corrected chi connectivity index (χ2v) is 5.92. The van der Waals surface area contributed by atoms with E-state index in [1.807, 2.05) is 29.1 Å². The second kappa shape index (κ2) is 7.72. The molecule has 3 aromatic rings. The molecule has 0 unspecified atom stereocenters. The molecular formula is C17H15F3N4O4. The van der Waals surface area contributed by atoms with Crippen LogP contribution in [0.2, 0.25) is 0 Å². The van der Waals surface area contributed by atoms with Crippen molar-refractivity contribution in [1.29, 1.82) is 0 Å². The number of benzene rings is 1. The molecule has 1 amide bonds. The Hall–Kier alpha value is -3.34. The number of alkyl halides is 3. The Morgan fingerprint density at radius 1 is 1.29 bits per heavy atom. The van der Waals surface area contributed by atoms with Crippen LogP contribution in [-0.4, -0.2) is 46.0 Å². The van der Waals surface area contributed by atoms with Gasteiger partial charge in [0.2, 0.25) is 0 Å². The number of nitrogens with zero attached hydrogens (tertiary/aromatic N) is 2. The Labute approximate surface area is 155 Å². The van der Waals surface area contributed by atoms with E-state index in [2.05, 4.69) is 15.7 Å². The molecule has 1 saturated heterocycles. The van der Waals surface area contributed by atoms with Gasteiger partial charge in [0.1, 0.15) is 5.58 Å². The van der Waals surface area contributed by atoms with Gasteiger partial charge in [0.05, 0.1) is 29.8 Å². The maximum Gasteiger partial charge on any atom is 0.490 e. The maximum absolute atomic E-state index is 12.4. The van der Waals surface area contributed by atoms with Gasteiger partial charge in [-0.05, 0) is 12.1 Å². The van der Waals surface area contributed by atoms with E-state index < -0.39 is 12.1 Å². The number of fused-ring (bicyclic) bond motifs is 1. The van der Waals surface area contributed by atoms with Crippen molar-refractivity contribution >= 4 is 28.5 Å². The first-order chi connectivity index (χ1) is 13.3. The van der Waals surface area contributed by atoms with Crippen LogP contribution in [-0.2, 0) is 4.79 Å². The van der Waals surface area contributed by atoms with Crippen LogP contribution in [0.5, 0.6) is 0 Å². The molecule has 0 atom stereocenters. The van der Waals surface area contributed by atoms with Crippen LogP contribution in [0.25, 0.3) is 11.0 Å². The number of carbonyl (C=O) groups is 2. The summed E-state index contributed by atoms with van der Waals surface area (Å²) in [5, 5.41) is 18.4. The number of nitrogens with one attached hydrogen (secondary N) is 2. The predicted octanol–water partition coefficient (Wildman–Crippen LogP) is 2.66. The number of para-hydroxylation sites is 1. The lowest BCUT2D eigenvalue weighted by Gasteiger charge is -2.27. The number of carbonyl (C=O) groups excluding carboxylic acids is 1. The van der Waals surface area contributed by atoms with Crippen LogP contribution in [0, 0.1) is 0 Å². The Bertz CT molecular complexity index is 992. The first kappa shape index (κ1) is 19.4. The van der Waals surface area contributed by atoms with Crippen LogP contribution in [0.4, 0.5) is 18.9 Å². The molecule has 0 saturated carbocycles. The molecule has 0 spiro atoms. The van der Waals surface area contributed by atoms with Crippen molar-refractivity contribution in [2.75, 3.05) is 18.4 Å². The van der Waals surface area contributed by atoms with Gasteiger partial charge in [0.15, 0.2) is 0 Å². The van der Waals surface area contributed by atoms with Crippen molar-refractivity contribution in [2.45, 2.75) is 12.2 Å². The predicted molar refractivity (Wildman–Crippen MR) is 92.0 cm³/mol. The summed E-state index contributed by atoms with van der Waals surface area (Å²) >= 11 is 0. The zero-order chi connectivity index (χ0) is 20.3. The normalized spacial score (nSPS) is 14.1. The number of halogens is 3. The molecule has 8 nitrogen and oxygen atoms in total. The minimum absolute atomic E-state index is 0.193. The van der Waals surface area contributed by atoms with Gasteiger partial charge in [-0.15, -0.1) is 0 Å². The monoisotopic (exact) mass is 396 g/mol. The number of anilines is 1. The number of furan rings is 1. The number of rotatable bonds is 3. The van der Waals surface area contributed by atoms with Crippen LogP contribution in [0.1, 0.15) is 16.4 Å². The molecule has 148 valence electrons. The van der Waals surface area contributed by atoms with Crippen molar-refractivity contribution in [2.24, 2.45) is 0 Å². The number of hydrogen-bond donors (Lipinski definition) is 3. The van der Waals surface area contributed by atoms with Crippen molar-refractivity contribution in [1.82, 2.24) is 15.1 Å². The number of aromatic nitrogens is 2. The lowest BCUT2D eigenvalue weighted by Crippen LogP contribution is -2.43. The molecule has 0 bridgehead atoms. The van der Waals surface area contributed by atoms with Gasteiger partial charge < -0.3 is 20.2 Å². The summed E-state index contributed by atoms with van der Waals surface area (Å²) in [4.78, 5) is 21.3. The zero-order valence-electron chi connectivity index (χ0n) is 14.2. The number of carboxylic acids is 1. The van der Waals surface area contributed by atoms with E-state index in [4.69, 9.17) is 14.3 Å². The highest BCUT2D eigenvalue weighted by molar-refractivity contribution is 6.11. The van der Waals surface area contributed by atoms with Gasteiger partial charge in [0, 0.05) is 24.7 Å². The summed E-state index contributed by atoms with van der Waals surface area (Å²) in [6.07, 6.45) is 0.0211. The molecule has 1 aromatic carbocycles. The number of hydrogen-bond acceptors (Lipinski definition) is 5. The number of carboxylic acid groups (broad SMARTS) is 1. The van der Waals surface area contributed by atoms with Crippen LogP contribution in [0.15, 0.2) is 47.3 Å². The molecule has 28 heavy (non-hydrogen) atoms. The number of amides is 1. The molecule has 1 aliphatic heterocycles. The highest BCUT2D eigenvalue weighted by Gasteiger charge is 2.38. The van der Waals surface area contributed by atoms with E-state index in [0.717, 1.165) is 18.5 Å². The Morgan fingerprint density at radius 2 is 2.00 bits per heavy atom. The van der Waals surface area contributed by atoms with E-state index in [1.165, 1.54) is 0 Å². The molecular weight excluding hydrogens is 381 g/mol. The van der Waals surface area contributed by atoms with E-state index in [9.17, 15) is 18.0 Å². The lowest BCUT2D eigenvalue weighted by molar-refractivity contribution is -0.192. The van der Waals surface area contributed by atoms with E-state index >= 15 is 0 Å². The molecule has 2 aromatic heterocycles. The van der Waals surface area contributed by atoms with Gasteiger partial charge in [-0.25, -0.2) is 4.79 Å². The third kappa shape index (κ3) is 4.31. The maximum atomic E-state index is 12.4. The fourth-order valence-electron chi connectivity index (χ4n) is 2.43. The summed E-state index contributed by atoms with van der Waals surface area (Å²) in [6, 6.07) is 7.73. The van der Waals surface area contributed by atoms with Crippen molar-refractivity contribution < 1.29 is 32.3 Å². The summed E-state index contributed by atoms with van der Waals surface area (Å²) in [5.41, 5.74) is 1.82. The minimum Gasteiger partial charge on any atom is -0.475 e. The summed E-state index contributed by atoms with van der Waals surface area (Å²) in [6.45, 7) is 1.83. The average molecular weight is 396 g/mol. The Balaban J connectivity index is 0.000000279. The highest BCUT2D eigenvalue weighted by Crippen LogP contribution is 2.21. The third-order valence-corrected chi connectivity index (χ3v) is 3.96. The smallest absolute Gasteiger partial charge is 0.475 e. The van der Waals surface area contributed by atoms with Crippen LogP contribution < -0.4 is 10.6 Å². The van der Waals surface area contributed by atoms with E-state index in [1.54, 1.807) is 18.5 Å². The van der Waals surface area contributed by atoms with Gasteiger partial charge in [0.25, 0.3) is 5.91 Å². The fourth-order valence-corrected chi connectivity index (χ4v) is 2.43. The third-order valence-electron chi connectivity index (χ3n) is 3.96. The molecule has 1 fully saturated rings. The zero-order valence-corrected chi connectivity index (χ0v) is 14.2. The molecule has 3 N–H and O–H groups in total. The second-order valence-electron chi connectivity index (χ2n) is 5.92. The van der Waals surface area contributed by atoms with Crippen molar-refractivity contribution in [3.63, 3.8) is 0 Å². The Kier molecular flexibility index (Phi) is 5.36. The van der Waals surface area contributed by atoms with Gasteiger partial charge in [-0.1, -0.05) is 12.1 Å². The SMILES string of the molecule is O=C(Nc1cnn(C2CNC2)c1)c1cccc2ccoc12.O=C(O)C(F)(F)F. The average Bonchev–Trinajstić information content (AvgIpc) is 3.22. The molecule has 4 rings (SSSR count). The summed E-state index contributed by atoms with van der Waals surface area (Å²) < 4.78 is 39.0. The molecule has 3 heterocycles. The number of aliphatic carboxylic acids is 1. The van der Waals surface area contributed by atoms with Crippen molar-refractivity contribution in [3.8, 4) is 0 Å². The van der Waals surface area contributed by atoms with E-state index in [0.29, 0.717) is 22.9 Å². The first-order valence-corrected chi connectivity index (χ1v) is 8.08. The quantitative estimate of drug-likeness (QED) is 0.628. The van der Waals surface area contributed by atoms with Gasteiger partial charge in [-0.3, -0.25) is 9.48 Å². The summed E-state index contributed by atoms with van der Waals surface area (Å²) in [7, 11) is 0.